The van der Waals surface area contributed by atoms with Crippen LogP contribution in [0.25, 0.3) is 20.7 Å². The van der Waals surface area contributed by atoms with Gasteiger partial charge in [0.15, 0.2) is 12.4 Å². The molecular weight excluding hydrogens is 462 g/mol. The highest BCUT2D eigenvalue weighted by Gasteiger charge is 2.19. The number of esters is 1. The Hall–Kier alpha value is -3.63. The van der Waals surface area contributed by atoms with Gasteiger partial charge in [-0.2, -0.15) is 0 Å². The molecule has 0 fully saturated rings. The number of nitrogens with zero attached hydrogens (tertiary/aromatic N) is 2. The summed E-state index contributed by atoms with van der Waals surface area (Å²) in [5, 5.41) is 7.04. The average molecular weight is 480 g/mol. The van der Waals surface area contributed by atoms with Crippen LogP contribution in [-0.2, 0) is 27.3 Å². The second-order valence-electron chi connectivity index (χ2n) is 7.49. The second kappa shape index (κ2) is 8.72. The number of rotatable bonds is 6. The monoisotopic (exact) mass is 479 g/mol. The van der Waals surface area contributed by atoms with E-state index >= 15 is 0 Å². The van der Waals surface area contributed by atoms with Crippen LogP contribution >= 0.6 is 22.7 Å². The van der Waals surface area contributed by atoms with Gasteiger partial charge in [-0.15, -0.1) is 22.7 Å². The number of ether oxygens (including phenoxy) is 1. The van der Waals surface area contributed by atoms with Gasteiger partial charge in [0.05, 0.1) is 11.7 Å². The predicted molar refractivity (Wildman–Crippen MR) is 126 cm³/mol. The molecule has 0 unspecified atom stereocenters. The number of anilines is 1. The number of aromatic nitrogens is 2. The van der Waals surface area contributed by atoms with Crippen molar-refractivity contribution < 1.29 is 19.1 Å². The van der Waals surface area contributed by atoms with E-state index in [1.807, 2.05) is 22.9 Å². The third kappa shape index (κ3) is 4.22. The summed E-state index contributed by atoms with van der Waals surface area (Å²) in [6.07, 6.45) is 2.24. The van der Waals surface area contributed by atoms with Crippen LogP contribution in [0.2, 0.25) is 0 Å². The molecule has 1 aromatic carbocycles. The number of amides is 1. The molecule has 10 heteroatoms. The smallest absolute Gasteiger partial charge is 0.326 e. The summed E-state index contributed by atoms with van der Waals surface area (Å²) in [6.45, 7) is -0.779. The van der Waals surface area contributed by atoms with Gasteiger partial charge in [0, 0.05) is 33.5 Å². The SMILES string of the molecule is O=C1CCc2cc(C(=O)COC(=O)Cn3cnc4scc(-c5cccs5)c4c3=O)ccc2N1. The summed E-state index contributed by atoms with van der Waals surface area (Å²) in [7, 11) is 0. The van der Waals surface area contributed by atoms with Crippen molar-refractivity contribution in [2.45, 2.75) is 19.4 Å². The van der Waals surface area contributed by atoms with Crippen LogP contribution in [0.3, 0.4) is 0 Å². The zero-order valence-corrected chi connectivity index (χ0v) is 18.8. The summed E-state index contributed by atoms with van der Waals surface area (Å²) in [4.78, 5) is 55.2. The van der Waals surface area contributed by atoms with Crippen molar-refractivity contribution in [1.29, 1.82) is 0 Å². The number of thiophene rings is 2. The second-order valence-corrected chi connectivity index (χ2v) is 9.29. The molecule has 3 aromatic heterocycles. The summed E-state index contributed by atoms with van der Waals surface area (Å²) >= 11 is 2.90. The molecule has 1 aliphatic heterocycles. The molecular formula is C23H17N3O5S2. The van der Waals surface area contributed by atoms with Crippen LogP contribution in [0, 0.1) is 0 Å². The lowest BCUT2D eigenvalue weighted by Crippen LogP contribution is -2.26. The Morgan fingerprint density at radius 2 is 2.03 bits per heavy atom. The van der Waals surface area contributed by atoms with E-state index in [0.29, 0.717) is 34.3 Å². The summed E-state index contributed by atoms with van der Waals surface area (Å²) in [6, 6.07) is 8.80. The van der Waals surface area contributed by atoms with Gasteiger partial charge in [-0.05, 0) is 41.6 Å². The molecule has 1 N–H and O–H groups in total. The van der Waals surface area contributed by atoms with Gasteiger partial charge in [-0.1, -0.05) is 6.07 Å². The van der Waals surface area contributed by atoms with Gasteiger partial charge in [0.1, 0.15) is 11.4 Å². The molecule has 1 amide bonds. The maximum atomic E-state index is 13.0. The number of fused-ring (bicyclic) bond motifs is 2. The highest BCUT2D eigenvalue weighted by atomic mass is 32.1. The minimum absolute atomic E-state index is 0.0524. The largest absolute Gasteiger partial charge is 0.456 e. The van der Waals surface area contributed by atoms with Gasteiger partial charge in [-0.3, -0.25) is 23.7 Å². The fourth-order valence-electron chi connectivity index (χ4n) is 3.66. The predicted octanol–water partition coefficient (Wildman–Crippen LogP) is 3.50. The van der Waals surface area contributed by atoms with Crippen molar-refractivity contribution in [3.8, 4) is 10.4 Å². The third-order valence-corrected chi connectivity index (χ3v) is 7.12. The molecule has 4 aromatic rings. The van der Waals surface area contributed by atoms with Crippen molar-refractivity contribution in [1.82, 2.24) is 9.55 Å². The first kappa shape index (κ1) is 21.2. The number of carbonyl (C=O) groups excluding carboxylic acids is 3. The van der Waals surface area contributed by atoms with E-state index < -0.39 is 12.6 Å². The highest BCUT2D eigenvalue weighted by molar-refractivity contribution is 7.18. The number of Topliss-reactive ketones (excluding diaryl/α,β-unsaturated/α-hetero) is 1. The van der Waals surface area contributed by atoms with Gasteiger partial charge in [0.2, 0.25) is 5.91 Å². The van der Waals surface area contributed by atoms with Gasteiger partial charge < -0.3 is 10.1 Å². The van der Waals surface area contributed by atoms with E-state index in [-0.39, 0.29) is 23.8 Å². The lowest BCUT2D eigenvalue weighted by Gasteiger charge is -2.17. The molecule has 166 valence electrons. The molecule has 0 spiro atoms. The van der Waals surface area contributed by atoms with E-state index in [1.165, 1.54) is 33.6 Å². The van der Waals surface area contributed by atoms with Crippen molar-refractivity contribution in [3.63, 3.8) is 0 Å². The molecule has 4 heterocycles. The quantitative estimate of drug-likeness (QED) is 0.335. The Morgan fingerprint density at radius 1 is 1.15 bits per heavy atom. The number of ketones is 1. The van der Waals surface area contributed by atoms with Gasteiger partial charge in [0.25, 0.3) is 5.56 Å². The average Bonchev–Trinajstić information content (AvgIpc) is 3.49. The highest BCUT2D eigenvalue weighted by Crippen LogP contribution is 2.33. The van der Waals surface area contributed by atoms with Crippen LogP contribution in [0.1, 0.15) is 22.3 Å². The number of hydrogen-bond donors (Lipinski definition) is 1. The minimum atomic E-state index is -0.704. The number of nitrogens with one attached hydrogen (secondary N) is 1. The van der Waals surface area contributed by atoms with Crippen molar-refractivity contribution >= 4 is 56.2 Å². The Labute approximate surface area is 195 Å². The Bertz CT molecular complexity index is 1450. The maximum absolute atomic E-state index is 13.0. The molecule has 33 heavy (non-hydrogen) atoms. The molecule has 0 aliphatic carbocycles. The maximum Gasteiger partial charge on any atom is 0.326 e. The molecule has 8 nitrogen and oxygen atoms in total. The van der Waals surface area contributed by atoms with E-state index in [4.69, 9.17) is 4.74 Å². The van der Waals surface area contributed by atoms with Gasteiger partial charge >= 0.3 is 5.97 Å². The molecule has 5 rings (SSSR count). The van der Waals surface area contributed by atoms with Crippen LogP contribution in [0.15, 0.2) is 52.2 Å². The topological polar surface area (TPSA) is 107 Å². The zero-order chi connectivity index (χ0) is 22.9. The Morgan fingerprint density at radius 3 is 2.85 bits per heavy atom. The first-order valence-electron chi connectivity index (χ1n) is 10.1. The standard InChI is InChI=1S/C23H17N3O5S2/c27-17(14-3-5-16-13(8-14)4-6-19(28)25-16)10-31-20(29)9-26-12-24-22-21(23(26)30)15(11-33-22)18-2-1-7-32-18/h1-3,5,7-8,11-12H,4,6,9-10H2,(H,25,28). The van der Waals surface area contributed by atoms with Crippen LogP contribution in [0.4, 0.5) is 5.69 Å². The van der Waals surface area contributed by atoms with Crippen LogP contribution < -0.4 is 10.9 Å². The summed E-state index contributed by atoms with van der Waals surface area (Å²) < 4.78 is 6.33. The number of hydrogen-bond acceptors (Lipinski definition) is 8. The lowest BCUT2D eigenvalue weighted by atomic mass is 9.99. The van der Waals surface area contributed by atoms with Crippen LogP contribution in [-0.4, -0.2) is 33.8 Å². The fraction of sp³-hybridized carbons (Fsp3) is 0.174. The molecule has 1 aliphatic rings. The lowest BCUT2D eigenvalue weighted by molar-refractivity contribution is -0.143. The normalized spacial score (nSPS) is 12.9. The Balaban J connectivity index is 1.27. The first-order chi connectivity index (χ1) is 16.0. The summed E-state index contributed by atoms with van der Waals surface area (Å²) in [5.41, 5.74) is 2.43. The number of benzene rings is 1. The van der Waals surface area contributed by atoms with E-state index in [9.17, 15) is 19.2 Å². The van der Waals surface area contributed by atoms with E-state index in [1.54, 1.807) is 18.2 Å². The van der Waals surface area contributed by atoms with Crippen LogP contribution in [0.5, 0.6) is 0 Å². The van der Waals surface area contributed by atoms with Crippen molar-refractivity contribution in [2.75, 3.05) is 11.9 Å². The summed E-state index contributed by atoms with van der Waals surface area (Å²) in [5.74, 6) is -1.12. The zero-order valence-electron chi connectivity index (χ0n) is 17.2. The molecule has 0 radical (unpaired) electrons. The van der Waals surface area contributed by atoms with E-state index in [0.717, 1.165) is 16.0 Å². The fourth-order valence-corrected chi connectivity index (χ4v) is 5.39. The number of carbonyl (C=O) groups is 3. The van der Waals surface area contributed by atoms with Crippen molar-refractivity contribution in [2.24, 2.45) is 0 Å². The molecule has 0 bridgehead atoms. The minimum Gasteiger partial charge on any atom is -0.456 e. The molecule has 0 saturated carbocycles. The van der Waals surface area contributed by atoms with Gasteiger partial charge in [-0.25, -0.2) is 4.98 Å². The number of aryl methyl sites for hydroxylation is 1. The Kier molecular flexibility index (Phi) is 5.61. The molecule has 0 atom stereocenters. The third-order valence-electron chi connectivity index (χ3n) is 5.33. The molecule has 0 saturated heterocycles. The first-order valence-corrected chi connectivity index (χ1v) is 11.9. The van der Waals surface area contributed by atoms with E-state index in [2.05, 4.69) is 10.3 Å². The van der Waals surface area contributed by atoms with Crippen molar-refractivity contribution in [3.05, 3.63) is 68.9 Å².